The number of ether oxygens (including phenoxy) is 1. The van der Waals surface area contributed by atoms with Crippen LogP contribution in [0.5, 0.6) is 5.75 Å². The van der Waals surface area contributed by atoms with E-state index in [-0.39, 0.29) is 0 Å². The van der Waals surface area contributed by atoms with Crippen molar-refractivity contribution in [3.8, 4) is 5.75 Å². The van der Waals surface area contributed by atoms with Crippen molar-refractivity contribution in [2.45, 2.75) is 25.5 Å². The Morgan fingerprint density at radius 3 is 2.91 bits per heavy atom. The van der Waals surface area contributed by atoms with Gasteiger partial charge in [-0.05, 0) is 24.0 Å². The van der Waals surface area contributed by atoms with Crippen LogP contribution in [0.25, 0.3) is 0 Å². The van der Waals surface area contributed by atoms with E-state index in [2.05, 4.69) is 53.0 Å². The molecule has 5 heteroatoms. The highest BCUT2D eigenvalue weighted by Gasteiger charge is 2.24. The molecule has 0 bridgehead atoms. The fourth-order valence-electron chi connectivity index (χ4n) is 2.82. The molecule has 0 spiro atoms. The zero-order valence-electron chi connectivity index (χ0n) is 14.7. The van der Waals surface area contributed by atoms with Crippen molar-refractivity contribution in [2.75, 3.05) is 39.5 Å². The summed E-state index contributed by atoms with van der Waals surface area (Å²) in [4.78, 5) is 6.86. The third kappa shape index (κ3) is 5.06. The van der Waals surface area contributed by atoms with Crippen LogP contribution in [0.3, 0.4) is 0 Å². The minimum absolute atomic E-state index is 0.691. The molecule has 1 aromatic carbocycles. The Balaban J connectivity index is 1.88. The number of hydrogen-bond acceptors (Lipinski definition) is 3. The van der Waals surface area contributed by atoms with Crippen molar-refractivity contribution in [2.24, 2.45) is 10.9 Å². The quantitative estimate of drug-likeness (QED) is 0.663. The summed E-state index contributed by atoms with van der Waals surface area (Å²) in [6.07, 6.45) is 0.930. The predicted molar refractivity (Wildman–Crippen MR) is 101 cm³/mol. The Kier molecular flexibility index (Phi) is 7.09. The van der Waals surface area contributed by atoms with E-state index in [1.807, 2.05) is 19.2 Å². The van der Waals surface area contributed by atoms with Gasteiger partial charge in [-0.1, -0.05) is 32.0 Å². The smallest absolute Gasteiger partial charge is 0.193 e. The third-order valence-corrected chi connectivity index (χ3v) is 5.76. The summed E-state index contributed by atoms with van der Waals surface area (Å²) in [6.45, 7) is 7.62. The number of para-hydroxylation sites is 1. The van der Waals surface area contributed by atoms with Gasteiger partial charge in [0.05, 0.1) is 7.11 Å². The highest BCUT2D eigenvalue weighted by molar-refractivity contribution is 8.00. The summed E-state index contributed by atoms with van der Waals surface area (Å²) in [5, 5.41) is 4.20. The van der Waals surface area contributed by atoms with Gasteiger partial charge < -0.3 is 15.0 Å². The molecule has 1 fully saturated rings. The predicted octanol–water partition coefficient (Wildman–Crippen LogP) is 2.89. The molecule has 0 aliphatic carbocycles. The van der Waals surface area contributed by atoms with Crippen molar-refractivity contribution >= 4 is 17.7 Å². The van der Waals surface area contributed by atoms with E-state index in [9.17, 15) is 0 Å². The van der Waals surface area contributed by atoms with Crippen LogP contribution in [0.4, 0.5) is 0 Å². The number of guanidine groups is 1. The summed E-state index contributed by atoms with van der Waals surface area (Å²) in [6, 6.07) is 8.20. The maximum Gasteiger partial charge on any atom is 0.193 e. The summed E-state index contributed by atoms with van der Waals surface area (Å²) >= 11 is 2.09. The van der Waals surface area contributed by atoms with E-state index in [0.717, 1.165) is 37.8 Å². The van der Waals surface area contributed by atoms with Gasteiger partial charge in [-0.25, -0.2) is 0 Å². The average molecular weight is 336 g/mol. The molecule has 1 aromatic rings. The zero-order valence-corrected chi connectivity index (χ0v) is 15.5. The standard InChI is InChI=1S/C18H29N3OS/c1-14(2)17-13-21(11-12-23-17)18(19-3)20-10-9-15-7-5-6-8-16(15)22-4/h5-8,14,17H,9-13H2,1-4H3,(H,19,20). The van der Waals surface area contributed by atoms with Crippen molar-refractivity contribution in [1.29, 1.82) is 0 Å². The lowest BCUT2D eigenvalue weighted by Gasteiger charge is -2.36. The Labute approximate surface area is 144 Å². The fraction of sp³-hybridized carbons (Fsp3) is 0.611. The molecule has 1 heterocycles. The molecule has 0 amide bonds. The number of nitrogens with zero attached hydrogens (tertiary/aromatic N) is 2. The molecule has 1 aliphatic rings. The molecule has 23 heavy (non-hydrogen) atoms. The van der Waals surface area contributed by atoms with Gasteiger partial charge in [-0.15, -0.1) is 0 Å². The van der Waals surface area contributed by atoms with E-state index in [4.69, 9.17) is 4.74 Å². The minimum Gasteiger partial charge on any atom is -0.496 e. The van der Waals surface area contributed by atoms with Crippen LogP contribution in [0, 0.1) is 5.92 Å². The van der Waals surface area contributed by atoms with Crippen LogP contribution in [0.1, 0.15) is 19.4 Å². The van der Waals surface area contributed by atoms with Crippen LogP contribution in [0.15, 0.2) is 29.3 Å². The second-order valence-electron chi connectivity index (χ2n) is 6.14. The van der Waals surface area contributed by atoms with Crippen LogP contribution in [-0.2, 0) is 6.42 Å². The van der Waals surface area contributed by atoms with Gasteiger partial charge in [0.2, 0.25) is 0 Å². The Morgan fingerprint density at radius 1 is 1.43 bits per heavy atom. The first kappa shape index (κ1) is 18.0. The second-order valence-corrected chi connectivity index (χ2v) is 7.48. The molecule has 1 N–H and O–H groups in total. The topological polar surface area (TPSA) is 36.9 Å². The molecular weight excluding hydrogens is 306 g/mol. The number of nitrogens with one attached hydrogen (secondary N) is 1. The van der Waals surface area contributed by atoms with Gasteiger partial charge >= 0.3 is 0 Å². The van der Waals surface area contributed by atoms with Gasteiger partial charge in [-0.2, -0.15) is 11.8 Å². The summed E-state index contributed by atoms with van der Waals surface area (Å²) < 4.78 is 5.41. The summed E-state index contributed by atoms with van der Waals surface area (Å²) in [5.74, 6) is 3.86. The number of benzene rings is 1. The SMILES string of the molecule is CN=C(NCCc1ccccc1OC)N1CCSC(C(C)C)C1. The van der Waals surface area contributed by atoms with Crippen molar-refractivity contribution in [1.82, 2.24) is 10.2 Å². The lowest BCUT2D eigenvalue weighted by molar-refractivity contribution is 0.380. The van der Waals surface area contributed by atoms with Crippen molar-refractivity contribution < 1.29 is 4.74 Å². The molecule has 2 rings (SSSR count). The zero-order chi connectivity index (χ0) is 16.7. The van der Waals surface area contributed by atoms with E-state index < -0.39 is 0 Å². The van der Waals surface area contributed by atoms with Crippen molar-refractivity contribution in [3.05, 3.63) is 29.8 Å². The van der Waals surface area contributed by atoms with Crippen LogP contribution >= 0.6 is 11.8 Å². The number of aliphatic imine (C=N–C) groups is 1. The summed E-state index contributed by atoms with van der Waals surface area (Å²) in [5.41, 5.74) is 1.23. The first-order valence-electron chi connectivity index (χ1n) is 8.34. The maximum absolute atomic E-state index is 5.41. The number of hydrogen-bond donors (Lipinski definition) is 1. The molecule has 0 aromatic heterocycles. The highest BCUT2D eigenvalue weighted by Crippen LogP contribution is 2.24. The molecule has 0 saturated carbocycles. The van der Waals surface area contributed by atoms with E-state index in [0.29, 0.717) is 11.2 Å². The molecule has 1 atom stereocenters. The first-order chi connectivity index (χ1) is 11.2. The van der Waals surface area contributed by atoms with E-state index in [1.54, 1.807) is 7.11 Å². The number of methoxy groups -OCH3 is 1. The van der Waals surface area contributed by atoms with Crippen LogP contribution in [-0.4, -0.2) is 55.7 Å². The minimum atomic E-state index is 0.691. The third-order valence-electron chi connectivity index (χ3n) is 4.22. The van der Waals surface area contributed by atoms with Gasteiger partial charge in [0, 0.05) is 37.7 Å². The van der Waals surface area contributed by atoms with Crippen LogP contribution in [0.2, 0.25) is 0 Å². The van der Waals surface area contributed by atoms with Gasteiger partial charge in [0.15, 0.2) is 5.96 Å². The Morgan fingerprint density at radius 2 is 2.22 bits per heavy atom. The normalized spacial score (nSPS) is 19.1. The van der Waals surface area contributed by atoms with Gasteiger partial charge in [0.25, 0.3) is 0 Å². The molecule has 0 radical (unpaired) electrons. The molecular formula is C18H29N3OS. The molecule has 1 aliphatic heterocycles. The Hall–Kier alpha value is -1.36. The largest absolute Gasteiger partial charge is 0.496 e. The van der Waals surface area contributed by atoms with Crippen molar-refractivity contribution in [3.63, 3.8) is 0 Å². The summed E-state index contributed by atoms with van der Waals surface area (Å²) in [7, 11) is 3.60. The first-order valence-corrected chi connectivity index (χ1v) is 9.39. The number of rotatable bonds is 5. The monoisotopic (exact) mass is 335 g/mol. The Bertz CT molecular complexity index is 519. The highest BCUT2D eigenvalue weighted by atomic mass is 32.2. The molecule has 4 nitrogen and oxygen atoms in total. The van der Waals surface area contributed by atoms with Gasteiger partial charge in [0.1, 0.15) is 5.75 Å². The second kappa shape index (κ2) is 9.06. The van der Waals surface area contributed by atoms with E-state index >= 15 is 0 Å². The van der Waals surface area contributed by atoms with E-state index in [1.165, 1.54) is 11.3 Å². The van der Waals surface area contributed by atoms with Gasteiger partial charge in [-0.3, -0.25) is 4.99 Å². The molecule has 1 unspecified atom stereocenters. The fourth-order valence-corrected chi connectivity index (χ4v) is 4.12. The number of thioether (sulfide) groups is 1. The molecule has 128 valence electrons. The lowest BCUT2D eigenvalue weighted by atomic mass is 10.1. The lowest BCUT2D eigenvalue weighted by Crippen LogP contribution is -2.49. The average Bonchev–Trinajstić information content (AvgIpc) is 2.59. The van der Waals surface area contributed by atoms with Crippen LogP contribution < -0.4 is 10.1 Å². The maximum atomic E-state index is 5.41. The molecule has 1 saturated heterocycles.